The average Bonchev–Trinajstić information content (AvgIpc) is 2.62. The van der Waals surface area contributed by atoms with E-state index < -0.39 is 0 Å². The Morgan fingerprint density at radius 2 is 2.19 bits per heavy atom. The number of halogens is 1. The number of aromatic nitrogens is 2. The van der Waals surface area contributed by atoms with Gasteiger partial charge in [0.2, 0.25) is 0 Å². The van der Waals surface area contributed by atoms with Crippen LogP contribution in [-0.2, 0) is 0 Å². The van der Waals surface area contributed by atoms with Crippen molar-refractivity contribution in [3.05, 3.63) is 28.0 Å². The zero-order chi connectivity index (χ0) is 11.7. The first-order chi connectivity index (χ1) is 7.61. The van der Waals surface area contributed by atoms with Crippen molar-refractivity contribution < 1.29 is 0 Å². The standard InChI is InChI=1S/C13H17BrN2/c1-4-5-8(2)13-15-11-7-10(14)6-9(3)12(11)16-13/h6-8H,4-5H2,1-3H3,(H,15,16). The lowest BCUT2D eigenvalue weighted by Crippen LogP contribution is -1.94. The molecule has 0 spiro atoms. The first-order valence-corrected chi connectivity index (χ1v) is 6.57. The number of nitrogens with one attached hydrogen (secondary N) is 1. The summed E-state index contributed by atoms with van der Waals surface area (Å²) in [6.45, 7) is 6.54. The highest BCUT2D eigenvalue weighted by atomic mass is 79.9. The number of rotatable bonds is 3. The third-order valence-corrected chi connectivity index (χ3v) is 3.41. The fourth-order valence-corrected chi connectivity index (χ4v) is 2.64. The SMILES string of the molecule is CCCC(C)c1nc2c(C)cc(Br)cc2[nH]1. The van der Waals surface area contributed by atoms with Gasteiger partial charge in [-0.05, 0) is 31.0 Å². The maximum Gasteiger partial charge on any atom is 0.110 e. The molecule has 1 aromatic heterocycles. The lowest BCUT2D eigenvalue weighted by Gasteiger charge is -2.04. The molecule has 2 aromatic rings. The Bertz CT molecular complexity index is 502. The molecule has 2 nitrogen and oxygen atoms in total. The van der Waals surface area contributed by atoms with Crippen molar-refractivity contribution in [2.75, 3.05) is 0 Å². The zero-order valence-electron chi connectivity index (χ0n) is 9.97. The first kappa shape index (κ1) is 11.6. The number of fused-ring (bicyclic) bond motifs is 1. The molecule has 0 aliphatic rings. The van der Waals surface area contributed by atoms with E-state index >= 15 is 0 Å². The van der Waals surface area contributed by atoms with Crippen LogP contribution < -0.4 is 0 Å². The van der Waals surface area contributed by atoms with Crippen LogP contribution in [0.15, 0.2) is 16.6 Å². The Labute approximate surface area is 105 Å². The van der Waals surface area contributed by atoms with E-state index in [1.54, 1.807) is 0 Å². The second-order valence-corrected chi connectivity index (χ2v) is 5.35. The molecule has 0 aliphatic heterocycles. The van der Waals surface area contributed by atoms with E-state index in [0.717, 1.165) is 21.3 Å². The molecule has 1 atom stereocenters. The van der Waals surface area contributed by atoms with Crippen molar-refractivity contribution in [3.8, 4) is 0 Å². The van der Waals surface area contributed by atoms with E-state index in [9.17, 15) is 0 Å². The number of aromatic amines is 1. The second kappa shape index (κ2) is 4.58. The molecule has 0 amide bonds. The van der Waals surface area contributed by atoms with Gasteiger partial charge in [-0.15, -0.1) is 0 Å². The largest absolute Gasteiger partial charge is 0.342 e. The molecule has 2 rings (SSSR count). The Morgan fingerprint density at radius 3 is 2.88 bits per heavy atom. The summed E-state index contributed by atoms with van der Waals surface area (Å²) in [7, 11) is 0. The molecule has 1 unspecified atom stereocenters. The zero-order valence-corrected chi connectivity index (χ0v) is 11.6. The van der Waals surface area contributed by atoms with Gasteiger partial charge in [0, 0.05) is 10.4 Å². The molecule has 1 N–H and O–H groups in total. The summed E-state index contributed by atoms with van der Waals surface area (Å²) in [5.74, 6) is 1.62. The van der Waals surface area contributed by atoms with Crippen LogP contribution in [0.1, 0.15) is 44.0 Å². The quantitative estimate of drug-likeness (QED) is 0.879. The maximum absolute atomic E-state index is 4.70. The summed E-state index contributed by atoms with van der Waals surface area (Å²) in [6.07, 6.45) is 2.38. The Kier molecular flexibility index (Phi) is 3.33. The highest BCUT2D eigenvalue weighted by molar-refractivity contribution is 9.10. The van der Waals surface area contributed by atoms with E-state index in [2.05, 4.69) is 53.8 Å². The van der Waals surface area contributed by atoms with Gasteiger partial charge in [0.05, 0.1) is 11.0 Å². The lowest BCUT2D eigenvalue weighted by atomic mass is 10.1. The van der Waals surface area contributed by atoms with Crippen LogP contribution in [0.4, 0.5) is 0 Å². The fourth-order valence-electron chi connectivity index (χ4n) is 2.07. The monoisotopic (exact) mass is 280 g/mol. The Morgan fingerprint density at radius 1 is 1.44 bits per heavy atom. The fraction of sp³-hybridized carbons (Fsp3) is 0.462. The van der Waals surface area contributed by atoms with Gasteiger partial charge in [-0.1, -0.05) is 36.2 Å². The van der Waals surface area contributed by atoms with Gasteiger partial charge in [0.15, 0.2) is 0 Å². The average molecular weight is 281 g/mol. The molecule has 0 fully saturated rings. The highest BCUT2D eigenvalue weighted by Crippen LogP contribution is 2.25. The number of nitrogens with zero attached hydrogens (tertiary/aromatic N) is 1. The van der Waals surface area contributed by atoms with E-state index in [1.807, 2.05) is 0 Å². The summed E-state index contributed by atoms with van der Waals surface area (Å²) in [5.41, 5.74) is 3.45. The third kappa shape index (κ3) is 2.14. The normalized spacial score (nSPS) is 13.2. The second-order valence-electron chi connectivity index (χ2n) is 4.43. The topological polar surface area (TPSA) is 28.7 Å². The minimum absolute atomic E-state index is 0.510. The van der Waals surface area contributed by atoms with Crippen LogP contribution in [0.2, 0.25) is 0 Å². The van der Waals surface area contributed by atoms with Crippen molar-refractivity contribution in [1.82, 2.24) is 9.97 Å². The molecular weight excluding hydrogens is 264 g/mol. The third-order valence-electron chi connectivity index (χ3n) is 2.95. The van der Waals surface area contributed by atoms with Crippen LogP contribution >= 0.6 is 15.9 Å². The number of hydrogen-bond donors (Lipinski definition) is 1. The van der Waals surface area contributed by atoms with E-state index in [4.69, 9.17) is 4.98 Å². The number of imidazole rings is 1. The van der Waals surface area contributed by atoms with Gasteiger partial charge in [-0.2, -0.15) is 0 Å². The summed E-state index contributed by atoms with van der Waals surface area (Å²) in [4.78, 5) is 8.12. The molecule has 0 bridgehead atoms. The van der Waals surface area contributed by atoms with Crippen LogP contribution in [0.25, 0.3) is 11.0 Å². The molecule has 1 aromatic carbocycles. The van der Waals surface area contributed by atoms with Gasteiger partial charge in [0.1, 0.15) is 5.82 Å². The van der Waals surface area contributed by atoms with Gasteiger partial charge in [-0.25, -0.2) is 4.98 Å². The number of benzene rings is 1. The van der Waals surface area contributed by atoms with Crippen molar-refractivity contribution in [2.24, 2.45) is 0 Å². The molecule has 0 aliphatic carbocycles. The number of hydrogen-bond acceptors (Lipinski definition) is 1. The van der Waals surface area contributed by atoms with Crippen LogP contribution in [0.5, 0.6) is 0 Å². The molecule has 3 heteroatoms. The summed E-state index contributed by atoms with van der Waals surface area (Å²) in [5, 5.41) is 0. The van der Waals surface area contributed by atoms with E-state index in [1.165, 1.54) is 18.4 Å². The van der Waals surface area contributed by atoms with Gasteiger partial charge in [0.25, 0.3) is 0 Å². The molecule has 1 heterocycles. The summed E-state index contributed by atoms with van der Waals surface area (Å²) in [6, 6.07) is 4.20. The van der Waals surface area contributed by atoms with Crippen LogP contribution in [0.3, 0.4) is 0 Å². The first-order valence-electron chi connectivity index (χ1n) is 5.77. The van der Waals surface area contributed by atoms with Crippen molar-refractivity contribution in [1.29, 1.82) is 0 Å². The highest BCUT2D eigenvalue weighted by Gasteiger charge is 2.11. The predicted octanol–water partition coefficient (Wildman–Crippen LogP) is 4.54. The Hall–Kier alpha value is -0.830. The van der Waals surface area contributed by atoms with Gasteiger partial charge >= 0.3 is 0 Å². The maximum atomic E-state index is 4.70. The van der Waals surface area contributed by atoms with Gasteiger partial charge in [-0.3, -0.25) is 0 Å². The van der Waals surface area contributed by atoms with Crippen molar-refractivity contribution in [3.63, 3.8) is 0 Å². The summed E-state index contributed by atoms with van der Waals surface area (Å²) >= 11 is 3.51. The molecule has 0 radical (unpaired) electrons. The van der Waals surface area contributed by atoms with Crippen molar-refractivity contribution in [2.45, 2.75) is 39.5 Å². The predicted molar refractivity (Wildman–Crippen MR) is 71.9 cm³/mol. The van der Waals surface area contributed by atoms with Gasteiger partial charge < -0.3 is 4.98 Å². The van der Waals surface area contributed by atoms with Crippen LogP contribution in [0, 0.1) is 6.92 Å². The smallest absolute Gasteiger partial charge is 0.110 e. The molecule has 0 saturated carbocycles. The van der Waals surface area contributed by atoms with E-state index in [0.29, 0.717) is 5.92 Å². The minimum Gasteiger partial charge on any atom is -0.342 e. The molecular formula is C13H17BrN2. The van der Waals surface area contributed by atoms with E-state index in [-0.39, 0.29) is 0 Å². The molecule has 16 heavy (non-hydrogen) atoms. The molecule has 86 valence electrons. The lowest BCUT2D eigenvalue weighted by molar-refractivity contribution is 0.635. The minimum atomic E-state index is 0.510. The van der Waals surface area contributed by atoms with Crippen LogP contribution in [-0.4, -0.2) is 9.97 Å². The Balaban J connectivity index is 2.47. The number of H-pyrrole nitrogens is 1. The molecule has 0 saturated heterocycles. The summed E-state index contributed by atoms with van der Waals surface area (Å²) < 4.78 is 1.11. The van der Waals surface area contributed by atoms with Crippen molar-refractivity contribution >= 4 is 27.0 Å². The number of aryl methyl sites for hydroxylation is 1.